The van der Waals surface area contributed by atoms with Crippen molar-refractivity contribution in [3.63, 3.8) is 0 Å². The fraction of sp³-hybridized carbons (Fsp3) is 0.286. The van der Waals surface area contributed by atoms with E-state index in [-0.39, 0.29) is 51.5 Å². The first-order valence-corrected chi connectivity index (χ1v) is 13.3. The van der Waals surface area contributed by atoms with Crippen molar-refractivity contribution in [3.05, 3.63) is 71.0 Å². The van der Waals surface area contributed by atoms with Crippen LogP contribution in [0.2, 0.25) is 0 Å². The minimum atomic E-state index is -4.42. The summed E-state index contributed by atoms with van der Waals surface area (Å²) in [6.45, 7) is 2.82. The summed E-state index contributed by atoms with van der Waals surface area (Å²) in [6.07, 6.45) is 1.38. The predicted octanol–water partition coefficient (Wildman–Crippen LogP) is 4.08. The van der Waals surface area contributed by atoms with Crippen LogP contribution in [0, 0.1) is 6.92 Å². The summed E-state index contributed by atoms with van der Waals surface area (Å²) in [5, 5.41) is 0. The fourth-order valence-electron chi connectivity index (χ4n) is 3.98. The standard InChI is InChI=1S/C28H31NO10S/c1-17-8-10-21(11-9-17)40(32,33)27(22-12-20(28(31)38-7)15-29(22)16-34-3)25(39-18(2)30)19-13-23(35-4)26(37-6)24(14-19)36-5/h8-15H,16H2,1-7H3/b27-25-. The Morgan fingerprint density at radius 3 is 1.93 bits per heavy atom. The van der Waals surface area contributed by atoms with Crippen molar-refractivity contribution in [2.24, 2.45) is 0 Å². The summed E-state index contributed by atoms with van der Waals surface area (Å²) >= 11 is 0. The van der Waals surface area contributed by atoms with E-state index in [0.29, 0.717) is 0 Å². The predicted molar refractivity (Wildman–Crippen MR) is 146 cm³/mol. The van der Waals surface area contributed by atoms with Gasteiger partial charge in [-0.1, -0.05) is 17.7 Å². The maximum Gasteiger partial charge on any atom is 0.339 e. The number of carbonyl (C=O) groups excluding carboxylic acids is 2. The van der Waals surface area contributed by atoms with E-state index in [1.54, 1.807) is 12.1 Å². The van der Waals surface area contributed by atoms with Crippen LogP contribution in [0.25, 0.3) is 10.7 Å². The van der Waals surface area contributed by atoms with Gasteiger partial charge in [0.05, 0.1) is 44.6 Å². The van der Waals surface area contributed by atoms with Gasteiger partial charge in [0.25, 0.3) is 0 Å². The molecule has 0 fully saturated rings. The molecule has 214 valence electrons. The van der Waals surface area contributed by atoms with Crippen LogP contribution in [0.3, 0.4) is 0 Å². The lowest BCUT2D eigenvalue weighted by molar-refractivity contribution is -0.134. The zero-order valence-electron chi connectivity index (χ0n) is 23.3. The number of benzene rings is 2. The molecule has 0 aliphatic carbocycles. The summed E-state index contributed by atoms with van der Waals surface area (Å²) in [4.78, 5) is 24.4. The van der Waals surface area contributed by atoms with Gasteiger partial charge in [-0.2, -0.15) is 0 Å². The number of sulfone groups is 1. The Balaban J connectivity index is 2.56. The second-order valence-electron chi connectivity index (χ2n) is 8.48. The number of rotatable bonds is 11. The van der Waals surface area contributed by atoms with Crippen LogP contribution >= 0.6 is 0 Å². The van der Waals surface area contributed by atoms with E-state index in [9.17, 15) is 18.0 Å². The van der Waals surface area contributed by atoms with E-state index < -0.39 is 26.7 Å². The van der Waals surface area contributed by atoms with E-state index in [0.717, 1.165) is 12.5 Å². The molecule has 0 bridgehead atoms. The van der Waals surface area contributed by atoms with E-state index >= 15 is 0 Å². The lowest BCUT2D eigenvalue weighted by atomic mass is 10.1. The molecule has 2 aromatic carbocycles. The van der Waals surface area contributed by atoms with Crippen molar-refractivity contribution in [1.29, 1.82) is 0 Å². The van der Waals surface area contributed by atoms with Crippen LogP contribution in [0.4, 0.5) is 0 Å². The second-order valence-corrected chi connectivity index (χ2v) is 10.4. The third-order valence-corrected chi connectivity index (χ3v) is 7.62. The molecule has 0 saturated heterocycles. The van der Waals surface area contributed by atoms with Crippen molar-refractivity contribution in [2.45, 2.75) is 25.5 Å². The number of hydrogen-bond acceptors (Lipinski definition) is 10. The van der Waals surface area contributed by atoms with E-state index in [4.69, 9.17) is 28.4 Å². The Kier molecular flexibility index (Phi) is 9.61. The van der Waals surface area contributed by atoms with Gasteiger partial charge in [-0.3, -0.25) is 4.79 Å². The number of ether oxygens (including phenoxy) is 6. The first-order valence-electron chi connectivity index (χ1n) is 11.8. The van der Waals surface area contributed by atoms with E-state index in [2.05, 4.69) is 0 Å². The van der Waals surface area contributed by atoms with Crippen LogP contribution in [-0.4, -0.2) is 60.5 Å². The summed E-state index contributed by atoms with van der Waals surface area (Å²) < 4.78 is 62.2. The molecule has 0 aliphatic rings. The summed E-state index contributed by atoms with van der Waals surface area (Å²) in [7, 11) is 2.40. The van der Waals surface area contributed by atoms with E-state index in [1.807, 2.05) is 6.92 Å². The maximum atomic E-state index is 14.4. The minimum Gasteiger partial charge on any atom is -0.493 e. The Labute approximate surface area is 232 Å². The number of esters is 2. The molecule has 40 heavy (non-hydrogen) atoms. The van der Waals surface area contributed by atoms with Crippen molar-refractivity contribution in [3.8, 4) is 17.2 Å². The molecule has 0 N–H and O–H groups in total. The molecule has 0 aliphatic heterocycles. The zero-order chi connectivity index (χ0) is 29.6. The lowest BCUT2D eigenvalue weighted by Crippen LogP contribution is -2.14. The van der Waals surface area contributed by atoms with Gasteiger partial charge in [-0.25, -0.2) is 13.2 Å². The number of methoxy groups -OCH3 is 5. The Morgan fingerprint density at radius 1 is 0.850 bits per heavy atom. The average Bonchev–Trinajstić information content (AvgIpc) is 3.34. The molecular weight excluding hydrogens is 542 g/mol. The number of carbonyl (C=O) groups is 2. The molecule has 3 rings (SSSR count). The van der Waals surface area contributed by atoms with Gasteiger partial charge in [0.2, 0.25) is 15.6 Å². The molecule has 3 aromatic rings. The van der Waals surface area contributed by atoms with Crippen LogP contribution in [0.15, 0.2) is 53.6 Å². The third kappa shape index (κ3) is 6.13. The molecule has 0 saturated carbocycles. The SMILES string of the molecule is COCn1cc(C(=O)OC)cc1/C(=C(/OC(C)=O)c1cc(OC)c(OC)c(OC)c1)S(=O)(=O)c1ccc(C)cc1. The molecule has 1 aromatic heterocycles. The normalized spacial score (nSPS) is 11.9. The van der Waals surface area contributed by atoms with Crippen molar-refractivity contribution in [2.75, 3.05) is 35.5 Å². The molecule has 0 spiro atoms. The molecule has 0 unspecified atom stereocenters. The largest absolute Gasteiger partial charge is 0.493 e. The molecule has 0 radical (unpaired) electrons. The van der Waals surface area contributed by atoms with Gasteiger partial charge in [0.1, 0.15) is 11.6 Å². The smallest absolute Gasteiger partial charge is 0.339 e. The van der Waals surface area contributed by atoms with Crippen LogP contribution in [0.1, 0.15) is 34.1 Å². The quantitative estimate of drug-likeness (QED) is 0.244. The van der Waals surface area contributed by atoms with Crippen molar-refractivity contribution >= 4 is 32.4 Å². The van der Waals surface area contributed by atoms with Gasteiger partial charge in [-0.15, -0.1) is 0 Å². The molecular formula is C28H31NO10S. The minimum absolute atomic E-state index is 0.00725. The van der Waals surface area contributed by atoms with Crippen LogP contribution in [0.5, 0.6) is 17.2 Å². The first kappa shape index (κ1) is 30.3. The van der Waals surface area contributed by atoms with Gasteiger partial charge in [0, 0.05) is 25.8 Å². The fourth-order valence-corrected chi connectivity index (χ4v) is 5.57. The second kappa shape index (κ2) is 12.7. The lowest BCUT2D eigenvalue weighted by Gasteiger charge is -2.20. The van der Waals surface area contributed by atoms with Gasteiger partial charge in [-0.05, 0) is 37.3 Å². The summed E-state index contributed by atoms with van der Waals surface area (Å²) in [5.41, 5.74) is 1.02. The van der Waals surface area contributed by atoms with E-state index in [1.165, 1.54) is 76.6 Å². The molecule has 11 nitrogen and oxygen atoms in total. The van der Waals surface area contributed by atoms with Gasteiger partial charge < -0.3 is 33.0 Å². The van der Waals surface area contributed by atoms with Gasteiger partial charge >= 0.3 is 11.9 Å². The Hall–Kier alpha value is -4.29. The van der Waals surface area contributed by atoms with Crippen molar-refractivity contribution in [1.82, 2.24) is 4.57 Å². The number of aryl methyl sites for hydroxylation is 1. The van der Waals surface area contributed by atoms with Gasteiger partial charge in [0.15, 0.2) is 17.3 Å². The maximum absolute atomic E-state index is 14.4. The third-order valence-electron chi connectivity index (χ3n) is 5.80. The summed E-state index contributed by atoms with van der Waals surface area (Å²) in [6, 6.07) is 10.4. The zero-order valence-corrected chi connectivity index (χ0v) is 24.1. The van der Waals surface area contributed by atoms with Crippen molar-refractivity contribution < 1.29 is 46.4 Å². The number of nitrogens with zero attached hydrogens (tertiary/aromatic N) is 1. The molecule has 12 heteroatoms. The van der Waals surface area contributed by atoms with Crippen LogP contribution in [-0.2, 0) is 35.6 Å². The summed E-state index contributed by atoms with van der Waals surface area (Å²) in [5.74, 6) is -1.20. The number of aromatic nitrogens is 1. The first-order chi connectivity index (χ1) is 19.0. The monoisotopic (exact) mass is 573 g/mol. The molecule has 1 heterocycles. The van der Waals surface area contributed by atoms with Crippen LogP contribution < -0.4 is 14.2 Å². The highest BCUT2D eigenvalue weighted by atomic mass is 32.2. The number of hydrogen-bond donors (Lipinski definition) is 0. The topological polar surface area (TPSA) is 129 Å². The molecule has 0 atom stereocenters. The molecule has 0 amide bonds. The Morgan fingerprint density at radius 2 is 1.45 bits per heavy atom. The average molecular weight is 574 g/mol. The highest BCUT2D eigenvalue weighted by Gasteiger charge is 2.33. The highest BCUT2D eigenvalue weighted by molar-refractivity contribution is 8.01. The Bertz CT molecular complexity index is 1510. The highest BCUT2D eigenvalue weighted by Crippen LogP contribution is 2.43.